The fourth-order valence-electron chi connectivity index (χ4n) is 1.44. The molecule has 0 fully saturated rings. The topological polar surface area (TPSA) is 81.0 Å². The van der Waals surface area contributed by atoms with E-state index in [0.29, 0.717) is 11.3 Å². The zero-order valence-electron chi connectivity index (χ0n) is 9.72. The van der Waals surface area contributed by atoms with Crippen LogP contribution < -0.4 is 5.32 Å². The van der Waals surface area contributed by atoms with Crippen molar-refractivity contribution in [2.45, 2.75) is 6.92 Å². The first-order chi connectivity index (χ1) is 8.97. The second-order valence-corrected chi connectivity index (χ2v) is 4.05. The minimum atomic E-state index is -0.646. The lowest BCUT2D eigenvalue weighted by molar-refractivity contribution is -0.384. The largest absolute Gasteiger partial charge is 0.334 e. The van der Waals surface area contributed by atoms with Gasteiger partial charge in [0.2, 0.25) is 11.1 Å². The number of nitro groups is 1. The van der Waals surface area contributed by atoms with Crippen molar-refractivity contribution in [2.75, 3.05) is 5.32 Å². The molecular formula is C11H8ClFN4O2. The second kappa shape index (κ2) is 5.15. The molecular weight excluding hydrogens is 275 g/mol. The van der Waals surface area contributed by atoms with Crippen molar-refractivity contribution in [3.8, 4) is 0 Å². The predicted octanol–water partition coefficient (Wildman–Crippen LogP) is 3.23. The Balaban J connectivity index is 2.45. The number of hydrogen-bond acceptors (Lipinski definition) is 5. The van der Waals surface area contributed by atoms with Gasteiger partial charge in [-0.3, -0.25) is 10.1 Å². The van der Waals surface area contributed by atoms with Gasteiger partial charge in [0.1, 0.15) is 12.0 Å². The Morgan fingerprint density at radius 3 is 2.89 bits per heavy atom. The molecule has 8 heteroatoms. The van der Waals surface area contributed by atoms with Crippen LogP contribution >= 0.6 is 11.6 Å². The van der Waals surface area contributed by atoms with Crippen LogP contribution in [0.15, 0.2) is 24.4 Å². The van der Waals surface area contributed by atoms with Crippen molar-refractivity contribution >= 4 is 28.8 Å². The molecule has 0 bridgehead atoms. The highest BCUT2D eigenvalue weighted by molar-refractivity contribution is 6.28. The summed E-state index contributed by atoms with van der Waals surface area (Å²) < 4.78 is 13.2. The Bertz CT molecular complexity index is 651. The molecule has 0 atom stereocenters. The van der Waals surface area contributed by atoms with E-state index >= 15 is 0 Å². The summed E-state index contributed by atoms with van der Waals surface area (Å²) in [6, 6.07) is 4.06. The number of benzene rings is 1. The molecule has 0 saturated heterocycles. The Morgan fingerprint density at radius 1 is 1.47 bits per heavy atom. The molecule has 0 radical (unpaired) electrons. The van der Waals surface area contributed by atoms with Crippen molar-refractivity contribution in [3.63, 3.8) is 0 Å². The summed E-state index contributed by atoms with van der Waals surface area (Å²) in [5, 5.41) is 13.4. The number of hydrogen-bond donors (Lipinski definition) is 1. The van der Waals surface area contributed by atoms with Gasteiger partial charge in [-0.2, -0.15) is 4.98 Å². The van der Waals surface area contributed by atoms with Crippen LogP contribution in [0.5, 0.6) is 0 Å². The quantitative estimate of drug-likeness (QED) is 0.531. The molecule has 0 amide bonds. The molecule has 0 aliphatic rings. The highest BCUT2D eigenvalue weighted by Gasteiger charge is 2.17. The smallest absolute Gasteiger partial charge is 0.329 e. The SMILES string of the molecule is Cc1ccc(F)cc1Nc1nc(Cl)ncc1[N+](=O)[O-]. The van der Waals surface area contributed by atoms with Gasteiger partial charge in [0.05, 0.1) is 4.92 Å². The van der Waals surface area contributed by atoms with E-state index in [2.05, 4.69) is 15.3 Å². The van der Waals surface area contributed by atoms with Gasteiger partial charge in [0.25, 0.3) is 0 Å². The zero-order valence-corrected chi connectivity index (χ0v) is 10.5. The molecule has 0 spiro atoms. The highest BCUT2D eigenvalue weighted by atomic mass is 35.5. The van der Waals surface area contributed by atoms with Crippen LogP contribution in [0, 0.1) is 22.9 Å². The van der Waals surface area contributed by atoms with Crippen LogP contribution in [0.4, 0.5) is 21.6 Å². The first-order valence-electron chi connectivity index (χ1n) is 5.17. The maximum absolute atomic E-state index is 13.2. The molecule has 2 rings (SSSR count). The van der Waals surface area contributed by atoms with Gasteiger partial charge in [-0.15, -0.1) is 0 Å². The van der Waals surface area contributed by atoms with E-state index in [1.807, 2.05) is 0 Å². The predicted molar refractivity (Wildman–Crippen MR) is 68.1 cm³/mol. The number of rotatable bonds is 3. The molecule has 19 heavy (non-hydrogen) atoms. The van der Waals surface area contributed by atoms with E-state index in [9.17, 15) is 14.5 Å². The fraction of sp³-hybridized carbons (Fsp3) is 0.0909. The standard InChI is InChI=1S/C11H8ClFN4O2/c1-6-2-3-7(13)4-8(6)15-10-9(17(18)19)5-14-11(12)16-10/h2-5H,1H3,(H,14,15,16). The third kappa shape index (κ3) is 2.94. The van der Waals surface area contributed by atoms with Crippen molar-refractivity contribution in [1.82, 2.24) is 9.97 Å². The van der Waals surface area contributed by atoms with Crippen LogP contribution in [0.1, 0.15) is 5.56 Å². The minimum Gasteiger partial charge on any atom is -0.334 e. The van der Waals surface area contributed by atoms with Crippen molar-refractivity contribution in [2.24, 2.45) is 0 Å². The molecule has 0 saturated carbocycles. The summed E-state index contributed by atoms with van der Waals surface area (Å²) in [7, 11) is 0. The Hall–Kier alpha value is -2.28. The normalized spacial score (nSPS) is 10.3. The molecule has 2 aromatic rings. The van der Waals surface area contributed by atoms with Gasteiger partial charge in [0, 0.05) is 5.69 Å². The average molecular weight is 283 g/mol. The Morgan fingerprint density at radius 2 is 2.21 bits per heavy atom. The maximum atomic E-state index is 13.2. The van der Waals surface area contributed by atoms with Gasteiger partial charge in [-0.25, -0.2) is 9.37 Å². The average Bonchev–Trinajstić information content (AvgIpc) is 2.33. The molecule has 0 unspecified atom stereocenters. The van der Waals surface area contributed by atoms with E-state index in [1.54, 1.807) is 13.0 Å². The third-order valence-corrected chi connectivity index (χ3v) is 2.57. The Labute approximate surface area is 112 Å². The molecule has 98 valence electrons. The summed E-state index contributed by atoms with van der Waals surface area (Å²) in [4.78, 5) is 17.5. The van der Waals surface area contributed by atoms with Crippen LogP contribution in [0.3, 0.4) is 0 Å². The summed E-state index contributed by atoms with van der Waals surface area (Å²) in [6.45, 7) is 1.73. The number of anilines is 2. The summed E-state index contributed by atoms with van der Waals surface area (Å²) in [5.74, 6) is -0.547. The van der Waals surface area contributed by atoms with E-state index < -0.39 is 10.7 Å². The fourth-order valence-corrected chi connectivity index (χ4v) is 1.57. The summed E-state index contributed by atoms with van der Waals surface area (Å²) in [5.41, 5.74) is 0.747. The van der Waals surface area contributed by atoms with Crippen LogP contribution in [0.25, 0.3) is 0 Å². The van der Waals surface area contributed by atoms with Crippen LogP contribution in [-0.4, -0.2) is 14.9 Å². The molecule has 0 aliphatic heterocycles. The lowest BCUT2D eigenvalue weighted by atomic mass is 10.2. The monoisotopic (exact) mass is 282 g/mol. The highest BCUT2D eigenvalue weighted by Crippen LogP contribution is 2.27. The first-order valence-corrected chi connectivity index (χ1v) is 5.55. The zero-order chi connectivity index (χ0) is 14.0. The number of nitrogens with zero attached hydrogens (tertiary/aromatic N) is 3. The van der Waals surface area contributed by atoms with Gasteiger partial charge in [-0.05, 0) is 36.2 Å². The van der Waals surface area contributed by atoms with Gasteiger partial charge < -0.3 is 5.32 Å². The van der Waals surface area contributed by atoms with E-state index in [0.717, 1.165) is 6.20 Å². The van der Waals surface area contributed by atoms with Crippen molar-refractivity contribution in [1.29, 1.82) is 0 Å². The van der Waals surface area contributed by atoms with E-state index in [-0.39, 0.29) is 16.8 Å². The van der Waals surface area contributed by atoms with Gasteiger partial charge >= 0.3 is 5.69 Å². The molecule has 1 heterocycles. The molecule has 6 nitrogen and oxygen atoms in total. The summed E-state index contributed by atoms with van der Waals surface area (Å²) >= 11 is 5.60. The van der Waals surface area contributed by atoms with Gasteiger partial charge in [-0.1, -0.05) is 6.07 Å². The molecule has 1 aromatic carbocycles. The lowest BCUT2D eigenvalue weighted by Crippen LogP contribution is -2.02. The Kier molecular flexibility index (Phi) is 3.57. The van der Waals surface area contributed by atoms with E-state index in [1.165, 1.54) is 12.1 Å². The van der Waals surface area contributed by atoms with Crippen molar-refractivity contribution in [3.05, 3.63) is 51.2 Å². The van der Waals surface area contributed by atoms with Crippen molar-refractivity contribution < 1.29 is 9.31 Å². The lowest BCUT2D eigenvalue weighted by Gasteiger charge is -2.09. The first kappa shape index (κ1) is 13.2. The van der Waals surface area contributed by atoms with Crippen LogP contribution in [0.2, 0.25) is 5.28 Å². The molecule has 0 aliphatic carbocycles. The maximum Gasteiger partial charge on any atom is 0.329 e. The van der Waals surface area contributed by atoms with Gasteiger partial charge in [0.15, 0.2) is 0 Å². The third-order valence-electron chi connectivity index (χ3n) is 2.39. The molecule has 1 aromatic heterocycles. The second-order valence-electron chi connectivity index (χ2n) is 3.71. The minimum absolute atomic E-state index is 0.0845. The van der Waals surface area contributed by atoms with E-state index in [4.69, 9.17) is 11.6 Å². The molecule has 1 N–H and O–H groups in total. The van der Waals surface area contributed by atoms with Crippen LogP contribution in [-0.2, 0) is 0 Å². The summed E-state index contributed by atoms with van der Waals surface area (Å²) in [6.07, 6.45) is 0.992. The number of aryl methyl sites for hydroxylation is 1. The number of halogens is 2. The number of aromatic nitrogens is 2. The number of nitrogens with one attached hydrogen (secondary N) is 1.